The molecule has 0 aromatic rings. The zero-order chi connectivity index (χ0) is 8.81. The van der Waals surface area contributed by atoms with Crippen molar-refractivity contribution in [2.24, 2.45) is 11.7 Å². The van der Waals surface area contributed by atoms with Crippen LogP contribution >= 0.6 is 0 Å². The van der Waals surface area contributed by atoms with Crippen LogP contribution in [-0.2, 0) is 4.74 Å². The van der Waals surface area contributed by atoms with Gasteiger partial charge in [-0.1, -0.05) is 0 Å². The van der Waals surface area contributed by atoms with Crippen molar-refractivity contribution >= 4 is 6.03 Å². The molecule has 0 radical (unpaired) electrons. The Morgan fingerprint density at radius 2 is 2.17 bits per heavy atom. The van der Waals surface area contributed by atoms with Gasteiger partial charge in [-0.25, -0.2) is 4.79 Å². The molecule has 0 aromatic heterocycles. The van der Waals surface area contributed by atoms with E-state index in [-0.39, 0.29) is 0 Å². The van der Waals surface area contributed by atoms with Gasteiger partial charge in [-0.2, -0.15) is 0 Å². The molecule has 1 aliphatic heterocycles. The zero-order valence-electron chi connectivity index (χ0n) is 7.21. The molecular weight excluding hydrogens is 156 g/mol. The summed E-state index contributed by atoms with van der Waals surface area (Å²) in [6.45, 7) is 2.42. The number of carbonyl (C=O) groups excluding carboxylic acids is 1. The maximum atomic E-state index is 10.3. The van der Waals surface area contributed by atoms with Gasteiger partial charge in [0.05, 0.1) is 0 Å². The van der Waals surface area contributed by atoms with E-state index in [2.05, 4.69) is 5.32 Å². The Kier molecular flexibility index (Phi) is 3.87. The second kappa shape index (κ2) is 4.98. The third-order valence-corrected chi connectivity index (χ3v) is 2.19. The smallest absolute Gasteiger partial charge is 0.312 e. The first-order valence-electron chi connectivity index (χ1n) is 4.40. The van der Waals surface area contributed by atoms with E-state index in [4.69, 9.17) is 10.5 Å². The van der Waals surface area contributed by atoms with Gasteiger partial charge < -0.3 is 15.8 Å². The zero-order valence-corrected chi connectivity index (χ0v) is 7.21. The molecule has 0 atom stereocenters. The molecule has 4 heteroatoms. The highest BCUT2D eigenvalue weighted by atomic mass is 16.5. The highest BCUT2D eigenvalue weighted by Gasteiger charge is 2.12. The van der Waals surface area contributed by atoms with Gasteiger partial charge in [-0.3, -0.25) is 0 Å². The summed E-state index contributed by atoms with van der Waals surface area (Å²) in [6, 6.07) is -0.429. The number of hydrogen-bond donors (Lipinski definition) is 2. The number of ether oxygens (including phenoxy) is 1. The van der Waals surface area contributed by atoms with Gasteiger partial charge in [-0.05, 0) is 25.2 Å². The summed E-state index contributed by atoms with van der Waals surface area (Å²) in [5, 5.41) is 2.59. The van der Waals surface area contributed by atoms with Crippen molar-refractivity contribution in [2.75, 3.05) is 19.8 Å². The Morgan fingerprint density at radius 3 is 2.75 bits per heavy atom. The number of hydrogen-bond acceptors (Lipinski definition) is 2. The third-order valence-electron chi connectivity index (χ3n) is 2.19. The van der Waals surface area contributed by atoms with E-state index in [0.717, 1.165) is 32.5 Å². The third kappa shape index (κ3) is 3.57. The molecule has 3 N–H and O–H groups in total. The maximum absolute atomic E-state index is 10.3. The van der Waals surface area contributed by atoms with Crippen LogP contribution in [-0.4, -0.2) is 25.8 Å². The van der Waals surface area contributed by atoms with E-state index in [9.17, 15) is 4.79 Å². The van der Waals surface area contributed by atoms with Crippen molar-refractivity contribution in [3.05, 3.63) is 0 Å². The number of primary amides is 1. The Bertz CT molecular complexity index is 144. The average Bonchev–Trinajstić information content (AvgIpc) is 2.05. The fourth-order valence-corrected chi connectivity index (χ4v) is 1.43. The molecule has 1 heterocycles. The highest BCUT2D eigenvalue weighted by Crippen LogP contribution is 2.17. The Hall–Kier alpha value is -0.770. The monoisotopic (exact) mass is 172 g/mol. The minimum Gasteiger partial charge on any atom is -0.381 e. The predicted octanol–water partition coefficient (Wildman–Crippen LogP) is 0.471. The Balaban J connectivity index is 2.01. The van der Waals surface area contributed by atoms with E-state index in [0.29, 0.717) is 12.5 Å². The van der Waals surface area contributed by atoms with Gasteiger partial charge >= 0.3 is 6.03 Å². The molecule has 4 nitrogen and oxygen atoms in total. The lowest BCUT2D eigenvalue weighted by atomic mass is 9.97. The molecule has 0 bridgehead atoms. The van der Waals surface area contributed by atoms with Crippen molar-refractivity contribution in [1.29, 1.82) is 0 Å². The molecule has 0 aromatic carbocycles. The maximum Gasteiger partial charge on any atom is 0.312 e. The lowest BCUT2D eigenvalue weighted by molar-refractivity contribution is 0.0642. The molecule has 70 valence electrons. The lowest BCUT2D eigenvalue weighted by Gasteiger charge is -2.21. The second-order valence-electron chi connectivity index (χ2n) is 3.14. The average molecular weight is 172 g/mol. The number of rotatable bonds is 3. The molecule has 0 aliphatic carbocycles. The summed E-state index contributed by atoms with van der Waals surface area (Å²) in [4.78, 5) is 10.3. The summed E-state index contributed by atoms with van der Waals surface area (Å²) >= 11 is 0. The molecule has 1 rings (SSSR count). The van der Waals surface area contributed by atoms with Gasteiger partial charge in [0.15, 0.2) is 0 Å². The molecule has 0 saturated carbocycles. The first kappa shape index (κ1) is 9.32. The minimum atomic E-state index is -0.429. The summed E-state index contributed by atoms with van der Waals surface area (Å²) in [5.74, 6) is 0.700. The summed E-state index contributed by atoms with van der Waals surface area (Å²) in [6.07, 6.45) is 3.24. The van der Waals surface area contributed by atoms with Crippen LogP contribution in [0.3, 0.4) is 0 Å². The molecule has 0 unspecified atom stereocenters. The number of amides is 2. The van der Waals surface area contributed by atoms with E-state index in [1.54, 1.807) is 0 Å². The molecule has 0 spiro atoms. The van der Waals surface area contributed by atoms with Crippen LogP contribution in [0.4, 0.5) is 4.79 Å². The lowest BCUT2D eigenvalue weighted by Crippen LogP contribution is -2.31. The minimum absolute atomic E-state index is 0.429. The van der Waals surface area contributed by atoms with Crippen molar-refractivity contribution in [1.82, 2.24) is 5.32 Å². The highest BCUT2D eigenvalue weighted by molar-refractivity contribution is 5.71. The number of nitrogens with two attached hydrogens (primary N) is 1. The predicted molar refractivity (Wildman–Crippen MR) is 45.7 cm³/mol. The van der Waals surface area contributed by atoms with Crippen LogP contribution < -0.4 is 11.1 Å². The first-order valence-corrected chi connectivity index (χ1v) is 4.40. The quantitative estimate of drug-likeness (QED) is 0.650. The SMILES string of the molecule is NC(=O)NCCC1CCOCC1. The van der Waals surface area contributed by atoms with Gasteiger partial charge in [0.25, 0.3) is 0 Å². The molecular formula is C8H16N2O2. The first-order chi connectivity index (χ1) is 5.79. The van der Waals surface area contributed by atoms with Crippen LogP contribution in [0.25, 0.3) is 0 Å². The van der Waals surface area contributed by atoms with Crippen LogP contribution in [0.1, 0.15) is 19.3 Å². The van der Waals surface area contributed by atoms with Crippen LogP contribution in [0.15, 0.2) is 0 Å². The largest absolute Gasteiger partial charge is 0.381 e. The van der Waals surface area contributed by atoms with Gasteiger partial charge in [-0.15, -0.1) is 0 Å². The van der Waals surface area contributed by atoms with E-state index in [1.165, 1.54) is 0 Å². The standard InChI is InChI=1S/C8H16N2O2/c9-8(11)10-4-1-7-2-5-12-6-3-7/h7H,1-6H2,(H3,9,10,11). The van der Waals surface area contributed by atoms with Gasteiger partial charge in [0.1, 0.15) is 0 Å². The fraction of sp³-hybridized carbons (Fsp3) is 0.875. The number of carbonyl (C=O) groups is 1. The van der Waals surface area contributed by atoms with Gasteiger partial charge in [0.2, 0.25) is 0 Å². The number of nitrogens with one attached hydrogen (secondary N) is 1. The summed E-state index contributed by atoms with van der Waals surface area (Å²) in [5.41, 5.74) is 4.93. The molecule has 1 fully saturated rings. The molecule has 1 saturated heterocycles. The number of urea groups is 1. The van der Waals surface area contributed by atoms with E-state index >= 15 is 0 Å². The van der Waals surface area contributed by atoms with Crippen LogP contribution in [0.5, 0.6) is 0 Å². The van der Waals surface area contributed by atoms with Crippen molar-refractivity contribution in [3.63, 3.8) is 0 Å². The van der Waals surface area contributed by atoms with Crippen LogP contribution in [0.2, 0.25) is 0 Å². The second-order valence-corrected chi connectivity index (χ2v) is 3.14. The Labute approximate surface area is 72.5 Å². The van der Waals surface area contributed by atoms with Crippen molar-refractivity contribution < 1.29 is 9.53 Å². The Morgan fingerprint density at radius 1 is 1.50 bits per heavy atom. The molecule has 1 aliphatic rings. The summed E-state index contributed by atoms with van der Waals surface area (Å²) in [7, 11) is 0. The summed E-state index contributed by atoms with van der Waals surface area (Å²) < 4.78 is 5.22. The molecule has 2 amide bonds. The van der Waals surface area contributed by atoms with E-state index in [1.807, 2.05) is 0 Å². The van der Waals surface area contributed by atoms with Gasteiger partial charge in [0, 0.05) is 19.8 Å². The van der Waals surface area contributed by atoms with E-state index < -0.39 is 6.03 Å². The fourth-order valence-electron chi connectivity index (χ4n) is 1.43. The van der Waals surface area contributed by atoms with Crippen molar-refractivity contribution in [2.45, 2.75) is 19.3 Å². The molecule has 12 heavy (non-hydrogen) atoms. The van der Waals surface area contributed by atoms with Crippen molar-refractivity contribution in [3.8, 4) is 0 Å². The normalized spacial score (nSPS) is 19.0. The van der Waals surface area contributed by atoms with Crippen LogP contribution in [0, 0.1) is 5.92 Å². The topological polar surface area (TPSA) is 64.4 Å².